The molecule has 1 aromatic rings. The van der Waals surface area contributed by atoms with Crippen molar-refractivity contribution in [1.29, 1.82) is 0 Å². The van der Waals surface area contributed by atoms with Crippen molar-refractivity contribution in [3.63, 3.8) is 0 Å². The van der Waals surface area contributed by atoms with Gasteiger partial charge in [0.2, 0.25) is 0 Å². The van der Waals surface area contributed by atoms with Crippen LogP contribution in [0.2, 0.25) is 0 Å². The maximum absolute atomic E-state index is 12.6. The first-order valence-electron chi connectivity index (χ1n) is 3.91. The molecule has 0 bridgehead atoms. The third kappa shape index (κ3) is 2.31. The van der Waals surface area contributed by atoms with Gasteiger partial charge in [-0.05, 0) is 35.0 Å². The molecule has 0 saturated carbocycles. The van der Waals surface area contributed by atoms with Gasteiger partial charge in [-0.3, -0.25) is 4.79 Å². The van der Waals surface area contributed by atoms with Crippen LogP contribution >= 0.6 is 15.9 Å². The normalized spacial score (nSPS) is 11.5. The maximum Gasteiger partial charge on any atom is 0.418 e. The zero-order valence-electron chi connectivity index (χ0n) is 7.65. The molecule has 0 amide bonds. The van der Waals surface area contributed by atoms with Gasteiger partial charge in [-0.15, -0.1) is 0 Å². The lowest BCUT2D eigenvalue weighted by Gasteiger charge is -2.14. The summed E-state index contributed by atoms with van der Waals surface area (Å²) in [6.07, 6.45) is -4.60. The van der Waals surface area contributed by atoms with Gasteiger partial charge in [-0.25, -0.2) is 0 Å². The lowest BCUT2D eigenvalue weighted by molar-refractivity contribution is -0.138. The average Bonchev–Trinajstić information content (AvgIpc) is 2.06. The van der Waals surface area contributed by atoms with E-state index >= 15 is 0 Å². The number of halogens is 4. The van der Waals surface area contributed by atoms with E-state index in [1.807, 2.05) is 0 Å². The van der Waals surface area contributed by atoms with E-state index < -0.39 is 17.5 Å². The minimum absolute atomic E-state index is 0.0488. The van der Waals surface area contributed by atoms with Gasteiger partial charge in [0.25, 0.3) is 0 Å². The number of nitrogens with two attached hydrogens (primary N) is 1. The largest absolute Gasteiger partial charge is 0.418 e. The Kier molecular flexibility index (Phi) is 3.08. The number of carbonyl (C=O) groups is 1. The topological polar surface area (TPSA) is 43.1 Å². The summed E-state index contributed by atoms with van der Waals surface area (Å²) in [7, 11) is 0. The van der Waals surface area contributed by atoms with E-state index in [9.17, 15) is 18.0 Å². The Balaban J connectivity index is 3.57. The lowest BCUT2D eigenvalue weighted by atomic mass is 10.0. The van der Waals surface area contributed by atoms with Gasteiger partial charge < -0.3 is 5.73 Å². The van der Waals surface area contributed by atoms with Gasteiger partial charge in [0, 0.05) is 11.3 Å². The van der Waals surface area contributed by atoms with Crippen LogP contribution in [0, 0.1) is 0 Å². The van der Waals surface area contributed by atoms with Crippen molar-refractivity contribution in [2.24, 2.45) is 0 Å². The molecule has 0 aliphatic heterocycles. The minimum Gasteiger partial charge on any atom is -0.398 e. The molecule has 0 atom stereocenters. The molecule has 0 spiro atoms. The summed E-state index contributed by atoms with van der Waals surface area (Å²) in [4.78, 5) is 11.0. The number of alkyl halides is 3. The summed E-state index contributed by atoms with van der Waals surface area (Å²) >= 11 is 2.74. The molecule has 15 heavy (non-hydrogen) atoms. The monoisotopic (exact) mass is 281 g/mol. The molecule has 0 unspecified atom stereocenters. The second kappa shape index (κ2) is 3.84. The number of nitrogen functional groups attached to an aromatic ring is 1. The molecular formula is C9H7BrF3NO. The van der Waals surface area contributed by atoms with Crippen molar-refractivity contribution >= 4 is 27.4 Å². The number of anilines is 1. The van der Waals surface area contributed by atoms with E-state index in [0.717, 1.165) is 13.0 Å². The van der Waals surface area contributed by atoms with Crippen LogP contribution in [0.25, 0.3) is 0 Å². The smallest absolute Gasteiger partial charge is 0.398 e. The Bertz CT molecular complexity index is 415. The number of hydrogen-bond donors (Lipinski definition) is 1. The highest BCUT2D eigenvalue weighted by Crippen LogP contribution is 2.40. The van der Waals surface area contributed by atoms with E-state index in [1.54, 1.807) is 0 Å². The van der Waals surface area contributed by atoms with Crippen LogP contribution < -0.4 is 5.73 Å². The third-order valence-electron chi connectivity index (χ3n) is 1.83. The van der Waals surface area contributed by atoms with Crippen LogP contribution in [-0.4, -0.2) is 5.78 Å². The molecule has 0 aliphatic rings. The van der Waals surface area contributed by atoms with Gasteiger partial charge >= 0.3 is 6.18 Å². The predicted molar refractivity (Wildman–Crippen MR) is 53.6 cm³/mol. The Morgan fingerprint density at radius 1 is 1.40 bits per heavy atom. The Morgan fingerprint density at radius 2 is 1.93 bits per heavy atom. The third-order valence-corrected chi connectivity index (χ3v) is 2.69. The SMILES string of the molecule is CC(=O)c1ccc(N)c(Br)c1C(F)(F)F. The number of Topliss-reactive ketones (excluding diaryl/α,β-unsaturated/α-hetero) is 1. The molecule has 1 rings (SSSR count). The Morgan fingerprint density at radius 3 is 2.33 bits per heavy atom. The van der Waals surface area contributed by atoms with Crippen molar-refractivity contribution in [2.45, 2.75) is 13.1 Å². The number of ketones is 1. The average molecular weight is 282 g/mol. The van der Waals surface area contributed by atoms with Crippen LogP contribution in [0.1, 0.15) is 22.8 Å². The molecule has 0 heterocycles. The second-order valence-corrected chi connectivity index (χ2v) is 3.74. The van der Waals surface area contributed by atoms with Crippen LogP contribution in [0.5, 0.6) is 0 Å². The first kappa shape index (κ1) is 12.0. The van der Waals surface area contributed by atoms with Crippen molar-refractivity contribution in [1.82, 2.24) is 0 Å². The molecule has 0 aliphatic carbocycles. The summed E-state index contributed by atoms with van der Waals surface area (Å²) in [6, 6.07) is 2.33. The number of rotatable bonds is 1. The van der Waals surface area contributed by atoms with Crippen molar-refractivity contribution < 1.29 is 18.0 Å². The van der Waals surface area contributed by atoms with E-state index in [-0.39, 0.29) is 15.7 Å². The fourth-order valence-electron chi connectivity index (χ4n) is 1.16. The zero-order valence-corrected chi connectivity index (χ0v) is 9.24. The summed E-state index contributed by atoms with van der Waals surface area (Å²) in [5.41, 5.74) is 3.88. The second-order valence-electron chi connectivity index (χ2n) is 2.95. The van der Waals surface area contributed by atoms with E-state index in [1.165, 1.54) is 6.07 Å². The summed E-state index contributed by atoms with van der Waals surface area (Å²) in [6.45, 7) is 1.08. The van der Waals surface area contributed by atoms with E-state index in [0.29, 0.717) is 0 Å². The standard InChI is InChI=1S/C9H7BrF3NO/c1-4(15)5-2-3-6(14)8(10)7(5)9(11,12)13/h2-3H,14H2,1H3. The molecule has 0 radical (unpaired) electrons. The molecule has 2 N–H and O–H groups in total. The summed E-state index contributed by atoms with van der Waals surface area (Å²) < 4.78 is 37.5. The molecule has 82 valence electrons. The van der Waals surface area contributed by atoms with Crippen LogP contribution in [0.4, 0.5) is 18.9 Å². The molecule has 0 saturated heterocycles. The van der Waals surface area contributed by atoms with Gasteiger partial charge in [-0.1, -0.05) is 0 Å². The van der Waals surface area contributed by atoms with E-state index in [2.05, 4.69) is 15.9 Å². The molecular weight excluding hydrogens is 275 g/mol. The first-order chi connectivity index (χ1) is 6.75. The Labute approximate surface area is 92.4 Å². The van der Waals surface area contributed by atoms with Crippen molar-refractivity contribution in [3.8, 4) is 0 Å². The molecule has 1 aromatic carbocycles. The molecule has 2 nitrogen and oxygen atoms in total. The van der Waals surface area contributed by atoms with Gasteiger partial charge in [0.05, 0.1) is 10.0 Å². The lowest BCUT2D eigenvalue weighted by Crippen LogP contribution is -2.13. The number of benzene rings is 1. The fraction of sp³-hybridized carbons (Fsp3) is 0.222. The van der Waals surface area contributed by atoms with Crippen LogP contribution in [0.3, 0.4) is 0 Å². The summed E-state index contributed by atoms with van der Waals surface area (Å²) in [5, 5.41) is 0. The highest BCUT2D eigenvalue weighted by Gasteiger charge is 2.37. The Hall–Kier alpha value is -1.04. The quantitative estimate of drug-likeness (QED) is 0.634. The molecule has 0 aromatic heterocycles. The first-order valence-corrected chi connectivity index (χ1v) is 4.70. The zero-order chi connectivity index (χ0) is 11.8. The van der Waals surface area contributed by atoms with Gasteiger partial charge in [0.1, 0.15) is 0 Å². The fourth-order valence-corrected chi connectivity index (χ4v) is 1.73. The molecule has 0 fully saturated rings. The number of hydrogen-bond acceptors (Lipinski definition) is 2. The van der Waals surface area contributed by atoms with Gasteiger partial charge in [-0.2, -0.15) is 13.2 Å². The van der Waals surface area contributed by atoms with Crippen molar-refractivity contribution in [2.75, 3.05) is 5.73 Å². The summed E-state index contributed by atoms with van der Waals surface area (Å²) in [5.74, 6) is -0.650. The van der Waals surface area contributed by atoms with Crippen LogP contribution in [0.15, 0.2) is 16.6 Å². The molecule has 6 heteroatoms. The minimum atomic E-state index is -4.60. The van der Waals surface area contributed by atoms with Gasteiger partial charge in [0.15, 0.2) is 5.78 Å². The van der Waals surface area contributed by atoms with Crippen molar-refractivity contribution in [3.05, 3.63) is 27.7 Å². The van der Waals surface area contributed by atoms with E-state index in [4.69, 9.17) is 5.73 Å². The predicted octanol–water partition coefficient (Wildman–Crippen LogP) is 3.25. The highest BCUT2D eigenvalue weighted by molar-refractivity contribution is 9.10. The highest BCUT2D eigenvalue weighted by atomic mass is 79.9. The van der Waals surface area contributed by atoms with Crippen LogP contribution in [-0.2, 0) is 6.18 Å². The number of carbonyl (C=O) groups excluding carboxylic acids is 1. The maximum atomic E-state index is 12.6.